The second kappa shape index (κ2) is 7.92. The minimum atomic E-state index is 0.147. The SMILES string of the molecule is COc1ccc(CN(CCO)Cc2cccnc2)c(C)c1C. The molecule has 0 aliphatic rings. The van der Waals surface area contributed by atoms with Crippen LogP contribution >= 0.6 is 0 Å². The molecule has 22 heavy (non-hydrogen) atoms. The van der Waals surface area contributed by atoms with E-state index < -0.39 is 0 Å². The summed E-state index contributed by atoms with van der Waals surface area (Å²) in [6.45, 7) is 6.56. The van der Waals surface area contributed by atoms with E-state index in [4.69, 9.17) is 4.74 Å². The summed E-state index contributed by atoms with van der Waals surface area (Å²) in [4.78, 5) is 6.38. The van der Waals surface area contributed by atoms with Crippen molar-refractivity contribution in [2.45, 2.75) is 26.9 Å². The third-order valence-electron chi connectivity index (χ3n) is 4.01. The van der Waals surface area contributed by atoms with Crippen molar-refractivity contribution in [1.82, 2.24) is 9.88 Å². The highest BCUT2D eigenvalue weighted by molar-refractivity contribution is 5.43. The van der Waals surface area contributed by atoms with Crippen molar-refractivity contribution in [3.05, 3.63) is 58.9 Å². The Hall–Kier alpha value is -1.91. The summed E-state index contributed by atoms with van der Waals surface area (Å²) in [6, 6.07) is 8.12. The van der Waals surface area contributed by atoms with Crippen LogP contribution in [0.4, 0.5) is 0 Å². The standard InChI is InChI=1S/C18H24N2O2/c1-14-15(2)18(22-3)7-6-17(14)13-20(9-10-21)12-16-5-4-8-19-11-16/h4-8,11,21H,9-10,12-13H2,1-3H3. The first-order valence-electron chi connectivity index (χ1n) is 7.51. The Balaban J connectivity index is 2.16. The molecule has 1 aromatic heterocycles. The molecule has 0 atom stereocenters. The molecule has 2 aromatic rings. The molecule has 0 bridgehead atoms. The monoisotopic (exact) mass is 300 g/mol. The number of methoxy groups -OCH3 is 1. The van der Waals surface area contributed by atoms with Gasteiger partial charge in [0.25, 0.3) is 0 Å². The Morgan fingerprint density at radius 1 is 1.14 bits per heavy atom. The molecule has 1 heterocycles. The van der Waals surface area contributed by atoms with E-state index in [-0.39, 0.29) is 6.61 Å². The van der Waals surface area contributed by atoms with Gasteiger partial charge < -0.3 is 9.84 Å². The fraction of sp³-hybridized carbons (Fsp3) is 0.389. The van der Waals surface area contributed by atoms with Gasteiger partial charge in [0.05, 0.1) is 13.7 Å². The van der Waals surface area contributed by atoms with Crippen molar-refractivity contribution in [1.29, 1.82) is 0 Å². The van der Waals surface area contributed by atoms with Crippen molar-refractivity contribution in [2.24, 2.45) is 0 Å². The number of aliphatic hydroxyl groups is 1. The third-order valence-corrected chi connectivity index (χ3v) is 4.01. The second-order valence-corrected chi connectivity index (χ2v) is 5.47. The molecule has 0 saturated carbocycles. The van der Waals surface area contributed by atoms with Gasteiger partial charge in [0.1, 0.15) is 5.75 Å². The maximum atomic E-state index is 9.32. The predicted octanol–water partition coefficient (Wildman–Crippen LogP) is 2.70. The maximum absolute atomic E-state index is 9.32. The van der Waals surface area contributed by atoms with Crippen LogP contribution in [0.5, 0.6) is 5.75 Å². The van der Waals surface area contributed by atoms with Gasteiger partial charge in [-0.2, -0.15) is 0 Å². The molecule has 4 heteroatoms. The topological polar surface area (TPSA) is 45.6 Å². The van der Waals surface area contributed by atoms with Crippen LogP contribution in [0.25, 0.3) is 0 Å². The van der Waals surface area contributed by atoms with Crippen LogP contribution in [0, 0.1) is 13.8 Å². The highest BCUT2D eigenvalue weighted by atomic mass is 16.5. The summed E-state index contributed by atoms with van der Waals surface area (Å²) in [5, 5.41) is 9.32. The molecule has 0 radical (unpaired) electrons. The van der Waals surface area contributed by atoms with Gasteiger partial charge >= 0.3 is 0 Å². The number of nitrogens with zero attached hydrogens (tertiary/aromatic N) is 2. The molecule has 0 aliphatic carbocycles. The molecule has 0 amide bonds. The zero-order valence-corrected chi connectivity index (χ0v) is 13.5. The Morgan fingerprint density at radius 2 is 1.95 bits per heavy atom. The van der Waals surface area contributed by atoms with E-state index in [9.17, 15) is 5.11 Å². The Labute approximate surface area is 132 Å². The fourth-order valence-electron chi connectivity index (χ4n) is 2.59. The first-order valence-corrected chi connectivity index (χ1v) is 7.51. The molecule has 0 aliphatic heterocycles. The van der Waals surface area contributed by atoms with Crippen molar-refractivity contribution >= 4 is 0 Å². The highest BCUT2D eigenvalue weighted by Gasteiger charge is 2.11. The third kappa shape index (κ3) is 4.06. The number of rotatable bonds is 7. The number of pyridine rings is 1. The summed E-state index contributed by atoms with van der Waals surface area (Å²) >= 11 is 0. The summed E-state index contributed by atoms with van der Waals surface area (Å²) in [5.41, 5.74) is 4.83. The lowest BCUT2D eigenvalue weighted by Crippen LogP contribution is -2.26. The maximum Gasteiger partial charge on any atom is 0.122 e. The van der Waals surface area contributed by atoms with Gasteiger partial charge in [-0.25, -0.2) is 0 Å². The number of benzene rings is 1. The van der Waals surface area contributed by atoms with Crippen LogP contribution in [-0.2, 0) is 13.1 Å². The molecule has 0 fully saturated rings. The van der Waals surface area contributed by atoms with E-state index in [1.54, 1.807) is 13.3 Å². The van der Waals surface area contributed by atoms with E-state index >= 15 is 0 Å². The van der Waals surface area contributed by atoms with Crippen LogP contribution in [0.15, 0.2) is 36.7 Å². The quantitative estimate of drug-likeness (QED) is 0.854. The van der Waals surface area contributed by atoms with Crippen LogP contribution in [0.3, 0.4) is 0 Å². The van der Waals surface area contributed by atoms with Crippen molar-refractivity contribution in [3.63, 3.8) is 0 Å². The zero-order chi connectivity index (χ0) is 15.9. The number of aromatic nitrogens is 1. The Bertz CT molecular complexity index is 600. The first kappa shape index (κ1) is 16.5. The molecular weight excluding hydrogens is 276 g/mol. The van der Waals surface area contributed by atoms with Gasteiger partial charge in [-0.3, -0.25) is 9.88 Å². The lowest BCUT2D eigenvalue weighted by molar-refractivity contribution is 0.184. The Morgan fingerprint density at radius 3 is 2.59 bits per heavy atom. The van der Waals surface area contributed by atoms with Gasteiger partial charge in [0.15, 0.2) is 0 Å². The van der Waals surface area contributed by atoms with Crippen molar-refractivity contribution in [3.8, 4) is 5.75 Å². The molecule has 0 unspecified atom stereocenters. The highest BCUT2D eigenvalue weighted by Crippen LogP contribution is 2.25. The number of hydrogen-bond acceptors (Lipinski definition) is 4. The van der Waals surface area contributed by atoms with Crippen molar-refractivity contribution in [2.75, 3.05) is 20.3 Å². The summed E-state index contributed by atoms with van der Waals surface area (Å²) in [7, 11) is 1.70. The molecule has 4 nitrogen and oxygen atoms in total. The number of hydrogen-bond donors (Lipinski definition) is 1. The summed E-state index contributed by atoms with van der Waals surface area (Å²) < 4.78 is 5.37. The van der Waals surface area contributed by atoms with Gasteiger partial charge in [-0.05, 0) is 48.2 Å². The average Bonchev–Trinajstić information content (AvgIpc) is 2.53. The van der Waals surface area contributed by atoms with Crippen LogP contribution in [0.1, 0.15) is 22.3 Å². The lowest BCUT2D eigenvalue weighted by Gasteiger charge is -2.23. The normalized spacial score (nSPS) is 11.0. The smallest absolute Gasteiger partial charge is 0.122 e. The van der Waals surface area contributed by atoms with Gasteiger partial charge in [-0.1, -0.05) is 12.1 Å². The van der Waals surface area contributed by atoms with Crippen molar-refractivity contribution < 1.29 is 9.84 Å². The summed E-state index contributed by atoms with van der Waals surface area (Å²) in [5.74, 6) is 0.919. The predicted molar refractivity (Wildman–Crippen MR) is 87.9 cm³/mol. The number of aliphatic hydroxyl groups excluding tert-OH is 1. The molecule has 0 spiro atoms. The van der Waals surface area contributed by atoms with Gasteiger partial charge in [-0.15, -0.1) is 0 Å². The molecule has 1 aromatic carbocycles. The van der Waals surface area contributed by atoms with E-state index in [2.05, 4.69) is 35.9 Å². The Kier molecular flexibility index (Phi) is 5.92. The first-order chi connectivity index (χ1) is 10.7. The number of ether oxygens (including phenoxy) is 1. The fourth-order valence-corrected chi connectivity index (χ4v) is 2.59. The molecular formula is C18H24N2O2. The van der Waals surface area contributed by atoms with Crippen LogP contribution in [-0.4, -0.2) is 35.3 Å². The van der Waals surface area contributed by atoms with Crippen LogP contribution in [0.2, 0.25) is 0 Å². The largest absolute Gasteiger partial charge is 0.496 e. The lowest BCUT2D eigenvalue weighted by atomic mass is 10.0. The molecule has 1 N–H and O–H groups in total. The minimum absolute atomic E-state index is 0.147. The zero-order valence-electron chi connectivity index (χ0n) is 13.5. The molecule has 118 valence electrons. The minimum Gasteiger partial charge on any atom is -0.496 e. The van der Waals surface area contributed by atoms with E-state index in [1.165, 1.54) is 16.7 Å². The van der Waals surface area contributed by atoms with Gasteiger partial charge in [0.2, 0.25) is 0 Å². The average molecular weight is 300 g/mol. The second-order valence-electron chi connectivity index (χ2n) is 5.47. The van der Waals surface area contributed by atoms with E-state index in [1.807, 2.05) is 18.3 Å². The molecule has 0 saturated heterocycles. The van der Waals surface area contributed by atoms with Crippen LogP contribution < -0.4 is 4.74 Å². The van der Waals surface area contributed by atoms with E-state index in [0.29, 0.717) is 6.54 Å². The summed E-state index contributed by atoms with van der Waals surface area (Å²) in [6.07, 6.45) is 3.65. The van der Waals surface area contributed by atoms with Gasteiger partial charge in [0, 0.05) is 32.0 Å². The van der Waals surface area contributed by atoms with E-state index in [0.717, 1.165) is 24.4 Å². The molecule has 2 rings (SSSR count).